The molecule has 0 radical (unpaired) electrons. The second kappa shape index (κ2) is 7.02. The number of carbonyl (C=O) groups excluding carboxylic acids is 1. The highest BCUT2D eigenvalue weighted by Crippen LogP contribution is 2.21. The van der Waals surface area contributed by atoms with Crippen LogP contribution in [-0.2, 0) is 6.42 Å². The molecule has 0 aromatic carbocycles. The van der Waals surface area contributed by atoms with Gasteiger partial charge in [0.05, 0.1) is 5.56 Å². The fourth-order valence-corrected chi connectivity index (χ4v) is 2.72. The van der Waals surface area contributed by atoms with Crippen molar-refractivity contribution in [3.63, 3.8) is 0 Å². The minimum absolute atomic E-state index is 0.0566. The van der Waals surface area contributed by atoms with E-state index in [0.29, 0.717) is 12.1 Å². The van der Waals surface area contributed by atoms with Crippen LogP contribution in [0.2, 0.25) is 0 Å². The molecule has 5 heteroatoms. The molecule has 1 aliphatic heterocycles. The Morgan fingerprint density at radius 2 is 2.00 bits per heavy atom. The highest BCUT2D eigenvalue weighted by molar-refractivity contribution is 5.98. The maximum atomic E-state index is 12.4. The van der Waals surface area contributed by atoms with Gasteiger partial charge in [0.2, 0.25) is 0 Å². The van der Waals surface area contributed by atoms with Gasteiger partial charge in [0, 0.05) is 38.2 Å². The molecule has 0 saturated carbocycles. The Bertz CT molecular complexity index is 624. The lowest BCUT2D eigenvalue weighted by molar-refractivity contribution is 0.0954. The number of hydrogen-bond acceptors (Lipinski definition) is 4. The van der Waals surface area contributed by atoms with Crippen molar-refractivity contribution in [2.75, 3.05) is 24.5 Å². The van der Waals surface area contributed by atoms with E-state index in [2.05, 4.69) is 20.2 Å². The van der Waals surface area contributed by atoms with E-state index in [9.17, 15) is 4.79 Å². The number of rotatable bonds is 5. The Kier molecular flexibility index (Phi) is 4.63. The molecule has 1 saturated heterocycles. The van der Waals surface area contributed by atoms with Crippen molar-refractivity contribution in [1.82, 2.24) is 15.3 Å². The topological polar surface area (TPSA) is 58.1 Å². The third-order valence-corrected chi connectivity index (χ3v) is 3.86. The van der Waals surface area contributed by atoms with Crippen LogP contribution in [0.3, 0.4) is 0 Å². The van der Waals surface area contributed by atoms with Crippen molar-refractivity contribution in [2.24, 2.45) is 0 Å². The predicted octanol–water partition coefficient (Wildman–Crippen LogP) is 2.05. The predicted molar refractivity (Wildman–Crippen MR) is 86.0 cm³/mol. The molecule has 3 heterocycles. The van der Waals surface area contributed by atoms with Crippen molar-refractivity contribution in [1.29, 1.82) is 0 Å². The molecule has 0 bridgehead atoms. The van der Waals surface area contributed by atoms with E-state index >= 15 is 0 Å². The van der Waals surface area contributed by atoms with Gasteiger partial charge in [0.1, 0.15) is 5.82 Å². The SMILES string of the molecule is O=C(NCCc1cccnc1)c1cccnc1N1CCCC1. The third kappa shape index (κ3) is 3.42. The van der Waals surface area contributed by atoms with Gasteiger partial charge in [-0.1, -0.05) is 6.07 Å². The summed E-state index contributed by atoms with van der Waals surface area (Å²) in [6, 6.07) is 7.58. The third-order valence-electron chi connectivity index (χ3n) is 3.86. The van der Waals surface area contributed by atoms with Crippen molar-refractivity contribution >= 4 is 11.7 Å². The maximum Gasteiger partial charge on any atom is 0.255 e. The van der Waals surface area contributed by atoms with Crippen molar-refractivity contribution in [3.8, 4) is 0 Å². The number of carbonyl (C=O) groups is 1. The van der Waals surface area contributed by atoms with E-state index in [1.807, 2.05) is 30.5 Å². The first-order valence-electron chi connectivity index (χ1n) is 7.71. The van der Waals surface area contributed by atoms with E-state index < -0.39 is 0 Å². The molecule has 1 amide bonds. The minimum atomic E-state index is -0.0566. The monoisotopic (exact) mass is 296 g/mol. The van der Waals surface area contributed by atoms with Gasteiger partial charge in [0.25, 0.3) is 5.91 Å². The molecule has 2 aromatic heterocycles. The van der Waals surface area contributed by atoms with Crippen LogP contribution < -0.4 is 10.2 Å². The zero-order valence-electron chi connectivity index (χ0n) is 12.5. The van der Waals surface area contributed by atoms with E-state index in [0.717, 1.165) is 30.9 Å². The number of aromatic nitrogens is 2. The number of nitrogens with zero attached hydrogens (tertiary/aromatic N) is 3. The smallest absolute Gasteiger partial charge is 0.255 e. The summed E-state index contributed by atoms with van der Waals surface area (Å²) in [7, 11) is 0. The molecule has 2 aromatic rings. The fraction of sp³-hybridized carbons (Fsp3) is 0.353. The van der Waals surface area contributed by atoms with E-state index in [1.165, 1.54) is 12.8 Å². The van der Waals surface area contributed by atoms with Gasteiger partial charge < -0.3 is 10.2 Å². The average Bonchev–Trinajstić information content (AvgIpc) is 3.10. The molecule has 0 atom stereocenters. The fourth-order valence-electron chi connectivity index (χ4n) is 2.72. The van der Waals surface area contributed by atoms with Crippen LogP contribution in [0.4, 0.5) is 5.82 Å². The molecule has 5 nitrogen and oxygen atoms in total. The highest BCUT2D eigenvalue weighted by Gasteiger charge is 2.20. The Morgan fingerprint density at radius 1 is 1.18 bits per heavy atom. The summed E-state index contributed by atoms with van der Waals surface area (Å²) < 4.78 is 0. The van der Waals surface area contributed by atoms with Gasteiger partial charge in [-0.3, -0.25) is 9.78 Å². The summed E-state index contributed by atoms with van der Waals surface area (Å²) in [6.07, 6.45) is 8.43. The second-order valence-electron chi connectivity index (χ2n) is 5.44. The molecule has 0 aliphatic carbocycles. The molecule has 3 rings (SSSR count). The average molecular weight is 296 g/mol. The second-order valence-corrected chi connectivity index (χ2v) is 5.44. The number of hydrogen-bond donors (Lipinski definition) is 1. The van der Waals surface area contributed by atoms with Crippen LogP contribution in [0.15, 0.2) is 42.9 Å². The molecule has 1 fully saturated rings. The summed E-state index contributed by atoms with van der Waals surface area (Å²) in [5, 5.41) is 2.98. The lowest BCUT2D eigenvalue weighted by Crippen LogP contribution is -2.29. The molecule has 0 unspecified atom stereocenters. The maximum absolute atomic E-state index is 12.4. The first-order valence-corrected chi connectivity index (χ1v) is 7.71. The number of nitrogens with one attached hydrogen (secondary N) is 1. The summed E-state index contributed by atoms with van der Waals surface area (Å²) in [6.45, 7) is 2.55. The van der Waals surface area contributed by atoms with Crippen molar-refractivity contribution < 1.29 is 4.79 Å². The summed E-state index contributed by atoms with van der Waals surface area (Å²) in [4.78, 5) is 23.1. The Morgan fingerprint density at radius 3 is 2.77 bits per heavy atom. The summed E-state index contributed by atoms with van der Waals surface area (Å²) in [5.74, 6) is 0.748. The Hall–Kier alpha value is -2.43. The molecule has 114 valence electrons. The van der Waals surface area contributed by atoms with E-state index in [1.54, 1.807) is 12.4 Å². The molecular formula is C17H20N4O. The molecule has 22 heavy (non-hydrogen) atoms. The molecule has 0 spiro atoms. The molecule has 1 aliphatic rings. The Labute approximate surface area is 130 Å². The minimum Gasteiger partial charge on any atom is -0.356 e. The van der Waals surface area contributed by atoms with Crippen molar-refractivity contribution in [3.05, 3.63) is 54.0 Å². The summed E-state index contributed by atoms with van der Waals surface area (Å²) in [5.41, 5.74) is 1.78. The largest absolute Gasteiger partial charge is 0.356 e. The summed E-state index contributed by atoms with van der Waals surface area (Å²) >= 11 is 0. The standard InChI is InChI=1S/C17H20N4O/c22-17(20-10-7-14-5-3-8-18-13-14)15-6-4-9-19-16(15)21-11-1-2-12-21/h3-6,8-9,13H,1-2,7,10-12H2,(H,20,22). The van der Waals surface area contributed by atoms with Gasteiger partial charge in [-0.25, -0.2) is 4.98 Å². The van der Waals surface area contributed by atoms with Crippen molar-refractivity contribution in [2.45, 2.75) is 19.3 Å². The number of anilines is 1. The molecule has 1 N–H and O–H groups in total. The van der Waals surface area contributed by atoms with Crippen LogP contribution >= 0.6 is 0 Å². The van der Waals surface area contributed by atoms with Gasteiger partial charge >= 0.3 is 0 Å². The van der Waals surface area contributed by atoms with Crippen LogP contribution in [0.1, 0.15) is 28.8 Å². The van der Waals surface area contributed by atoms with E-state index in [-0.39, 0.29) is 5.91 Å². The quantitative estimate of drug-likeness (QED) is 0.917. The van der Waals surface area contributed by atoms with Crippen LogP contribution in [-0.4, -0.2) is 35.5 Å². The normalized spacial score (nSPS) is 14.1. The Balaban J connectivity index is 1.62. The zero-order valence-corrected chi connectivity index (χ0v) is 12.5. The van der Waals surface area contributed by atoms with Gasteiger partial charge in [0.15, 0.2) is 0 Å². The van der Waals surface area contributed by atoms with E-state index in [4.69, 9.17) is 0 Å². The number of pyridine rings is 2. The lowest BCUT2D eigenvalue weighted by Gasteiger charge is -2.19. The molecular weight excluding hydrogens is 276 g/mol. The first kappa shape index (κ1) is 14.5. The van der Waals surface area contributed by atoms with Crippen LogP contribution in [0, 0.1) is 0 Å². The lowest BCUT2D eigenvalue weighted by atomic mass is 10.2. The van der Waals surface area contributed by atoms with Gasteiger partial charge in [-0.05, 0) is 43.0 Å². The van der Waals surface area contributed by atoms with Crippen LogP contribution in [0.25, 0.3) is 0 Å². The van der Waals surface area contributed by atoms with Crippen LogP contribution in [0.5, 0.6) is 0 Å². The number of amides is 1. The van der Waals surface area contributed by atoms with Gasteiger partial charge in [-0.2, -0.15) is 0 Å². The highest BCUT2D eigenvalue weighted by atomic mass is 16.1. The van der Waals surface area contributed by atoms with Gasteiger partial charge in [-0.15, -0.1) is 0 Å². The zero-order chi connectivity index (χ0) is 15.2. The first-order chi connectivity index (χ1) is 10.8.